The van der Waals surface area contributed by atoms with Gasteiger partial charge < -0.3 is 4.74 Å². The Morgan fingerprint density at radius 2 is 2.27 bits per heavy atom. The average molecular weight is 203 g/mol. The Kier molecular flexibility index (Phi) is 2.54. The molecule has 15 heavy (non-hydrogen) atoms. The van der Waals surface area contributed by atoms with Gasteiger partial charge in [0, 0.05) is 12.3 Å². The first-order valence-corrected chi connectivity index (χ1v) is 4.95. The lowest BCUT2D eigenvalue weighted by Crippen LogP contribution is -2.12. The van der Waals surface area contributed by atoms with Crippen molar-refractivity contribution in [2.24, 2.45) is 4.99 Å². The van der Waals surface area contributed by atoms with Crippen LogP contribution in [0, 0.1) is 0 Å². The molecule has 1 aromatic carbocycles. The average Bonchev–Trinajstić information content (AvgIpc) is 2.28. The largest absolute Gasteiger partial charge is 0.465 e. The molecule has 1 heterocycles. The normalized spacial score (nSPS) is 14.1. The van der Waals surface area contributed by atoms with E-state index >= 15 is 0 Å². The summed E-state index contributed by atoms with van der Waals surface area (Å²) in [5.74, 6) is -0.295. The second-order valence-electron chi connectivity index (χ2n) is 3.58. The summed E-state index contributed by atoms with van der Waals surface area (Å²) in [6, 6.07) is 5.65. The Hall–Kier alpha value is -1.64. The minimum absolute atomic E-state index is 0.295. The van der Waals surface area contributed by atoms with Gasteiger partial charge in [-0.1, -0.05) is 6.07 Å². The molecule has 0 aromatic heterocycles. The van der Waals surface area contributed by atoms with Crippen molar-refractivity contribution < 1.29 is 9.53 Å². The lowest BCUT2D eigenvalue weighted by Gasteiger charge is -2.14. The van der Waals surface area contributed by atoms with Crippen molar-refractivity contribution in [3.8, 4) is 0 Å². The zero-order valence-corrected chi connectivity index (χ0v) is 8.91. The minimum Gasteiger partial charge on any atom is -0.465 e. The molecule has 1 aliphatic heterocycles. The number of carbonyl (C=O) groups excluding carboxylic acids is 1. The molecule has 3 nitrogen and oxygen atoms in total. The van der Waals surface area contributed by atoms with E-state index in [2.05, 4.69) is 9.73 Å². The number of fused-ring (bicyclic) bond motifs is 1. The summed E-state index contributed by atoms with van der Waals surface area (Å²) >= 11 is 0. The molecule has 0 amide bonds. The van der Waals surface area contributed by atoms with Crippen LogP contribution < -0.4 is 0 Å². The van der Waals surface area contributed by atoms with E-state index in [9.17, 15) is 4.79 Å². The van der Waals surface area contributed by atoms with E-state index in [1.165, 1.54) is 12.7 Å². The van der Waals surface area contributed by atoms with Gasteiger partial charge in [0.1, 0.15) is 0 Å². The molecular formula is C12H13NO2. The maximum absolute atomic E-state index is 11.3. The third kappa shape index (κ3) is 1.77. The van der Waals surface area contributed by atoms with E-state index in [0.717, 1.165) is 24.2 Å². The van der Waals surface area contributed by atoms with Gasteiger partial charge in [-0.3, -0.25) is 4.99 Å². The Bertz CT molecular complexity index is 435. The zero-order valence-electron chi connectivity index (χ0n) is 8.91. The second-order valence-corrected chi connectivity index (χ2v) is 3.58. The lowest BCUT2D eigenvalue weighted by molar-refractivity contribution is 0.0600. The quantitative estimate of drug-likeness (QED) is 0.653. The highest BCUT2D eigenvalue weighted by Crippen LogP contribution is 2.18. The Morgan fingerprint density at radius 1 is 1.47 bits per heavy atom. The maximum atomic E-state index is 11.3. The van der Waals surface area contributed by atoms with Gasteiger partial charge in [0.25, 0.3) is 0 Å². The van der Waals surface area contributed by atoms with E-state index in [1.54, 1.807) is 0 Å². The van der Waals surface area contributed by atoms with Crippen LogP contribution in [0.2, 0.25) is 0 Å². The molecule has 0 bridgehead atoms. The van der Waals surface area contributed by atoms with E-state index in [-0.39, 0.29) is 5.97 Å². The summed E-state index contributed by atoms with van der Waals surface area (Å²) in [7, 11) is 1.39. The topological polar surface area (TPSA) is 38.7 Å². The molecule has 0 unspecified atom stereocenters. The summed E-state index contributed by atoms with van der Waals surface area (Å²) in [6.07, 6.45) is 0.953. The number of hydrogen-bond donors (Lipinski definition) is 0. The van der Waals surface area contributed by atoms with Gasteiger partial charge >= 0.3 is 5.97 Å². The number of nitrogens with zero attached hydrogens (tertiary/aromatic N) is 1. The van der Waals surface area contributed by atoms with Crippen LogP contribution in [0.25, 0.3) is 0 Å². The highest BCUT2D eigenvalue weighted by atomic mass is 16.5. The third-order valence-corrected chi connectivity index (χ3v) is 2.65. The van der Waals surface area contributed by atoms with Gasteiger partial charge in [-0.05, 0) is 36.6 Å². The molecule has 78 valence electrons. The lowest BCUT2D eigenvalue weighted by atomic mass is 9.96. The summed E-state index contributed by atoms with van der Waals surface area (Å²) in [4.78, 5) is 15.7. The van der Waals surface area contributed by atoms with Crippen LogP contribution in [0.15, 0.2) is 23.2 Å². The predicted octanol–water partition coefficient (Wildman–Crippen LogP) is 1.84. The highest BCUT2D eigenvalue weighted by molar-refractivity contribution is 6.02. The first-order valence-electron chi connectivity index (χ1n) is 4.95. The zero-order chi connectivity index (χ0) is 10.8. The fourth-order valence-electron chi connectivity index (χ4n) is 1.81. The van der Waals surface area contributed by atoms with Crippen LogP contribution in [-0.4, -0.2) is 25.3 Å². The number of rotatable bonds is 1. The van der Waals surface area contributed by atoms with Crippen molar-refractivity contribution in [3.63, 3.8) is 0 Å². The number of benzene rings is 1. The summed E-state index contributed by atoms with van der Waals surface area (Å²) < 4.78 is 4.68. The monoisotopic (exact) mass is 203 g/mol. The van der Waals surface area contributed by atoms with E-state index < -0.39 is 0 Å². The summed E-state index contributed by atoms with van der Waals surface area (Å²) in [5.41, 5.74) is 3.93. The Balaban J connectivity index is 2.46. The van der Waals surface area contributed by atoms with E-state index in [4.69, 9.17) is 0 Å². The Morgan fingerprint density at radius 3 is 3.00 bits per heavy atom. The number of hydrogen-bond acceptors (Lipinski definition) is 3. The van der Waals surface area contributed by atoms with Crippen LogP contribution in [0.3, 0.4) is 0 Å². The molecule has 0 atom stereocenters. The molecule has 0 saturated heterocycles. The fraction of sp³-hybridized carbons (Fsp3) is 0.333. The number of ether oxygens (including phenoxy) is 1. The molecule has 0 N–H and O–H groups in total. The van der Waals surface area contributed by atoms with Crippen molar-refractivity contribution in [3.05, 3.63) is 34.9 Å². The summed E-state index contributed by atoms with van der Waals surface area (Å²) in [5, 5.41) is 0. The molecule has 3 heteroatoms. The SMILES string of the molecule is COC(=O)c1ccc2c(c1)C(C)=NCC2. The number of carbonyl (C=O) groups is 1. The van der Waals surface area contributed by atoms with Crippen LogP contribution in [0.1, 0.15) is 28.4 Å². The molecule has 0 radical (unpaired) electrons. The number of esters is 1. The molecule has 0 saturated carbocycles. The number of methoxy groups -OCH3 is 1. The van der Waals surface area contributed by atoms with Crippen molar-refractivity contribution in [1.82, 2.24) is 0 Å². The second kappa shape index (κ2) is 3.85. The van der Waals surface area contributed by atoms with Crippen LogP contribution in [-0.2, 0) is 11.2 Å². The third-order valence-electron chi connectivity index (χ3n) is 2.65. The first-order chi connectivity index (χ1) is 7.22. The minimum atomic E-state index is -0.295. The fourth-order valence-corrected chi connectivity index (χ4v) is 1.81. The predicted molar refractivity (Wildman–Crippen MR) is 58.6 cm³/mol. The highest BCUT2D eigenvalue weighted by Gasteiger charge is 2.13. The van der Waals surface area contributed by atoms with Gasteiger partial charge in [-0.25, -0.2) is 4.79 Å². The van der Waals surface area contributed by atoms with Crippen molar-refractivity contribution >= 4 is 11.7 Å². The van der Waals surface area contributed by atoms with Crippen molar-refractivity contribution in [2.45, 2.75) is 13.3 Å². The van der Waals surface area contributed by atoms with Gasteiger partial charge in [0.05, 0.1) is 12.7 Å². The first kappa shape index (κ1) is 9.90. The van der Waals surface area contributed by atoms with Gasteiger partial charge in [0.15, 0.2) is 0 Å². The van der Waals surface area contributed by atoms with Crippen molar-refractivity contribution in [2.75, 3.05) is 13.7 Å². The molecule has 0 fully saturated rings. The van der Waals surface area contributed by atoms with Gasteiger partial charge in [-0.2, -0.15) is 0 Å². The van der Waals surface area contributed by atoms with Crippen LogP contribution in [0.5, 0.6) is 0 Å². The van der Waals surface area contributed by atoms with Crippen LogP contribution in [0.4, 0.5) is 0 Å². The van der Waals surface area contributed by atoms with E-state index in [1.807, 2.05) is 25.1 Å². The van der Waals surface area contributed by atoms with Crippen LogP contribution >= 0.6 is 0 Å². The molecule has 0 spiro atoms. The molecule has 2 rings (SSSR count). The Labute approximate surface area is 88.8 Å². The smallest absolute Gasteiger partial charge is 0.337 e. The van der Waals surface area contributed by atoms with Crippen molar-refractivity contribution in [1.29, 1.82) is 0 Å². The van der Waals surface area contributed by atoms with E-state index in [0.29, 0.717) is 5.56 Å². The molecule has 1 aliphatic rings. The standard InChI is InChI=1S/C12H13NO2/c1-8-11-7-10(12(14)15-2)4-3-9(11)5-6-13-8/h3-4,7H,5-6H2,1-2H3. The molecule has 1 aromatic rings. The maximum Gasteiger partial charge on any atom is 0.337 e. The molecule has 0 aliphatic carbocycles. The van der Waals surface area contributed by atoms with Gasteiger partial charge in [-0.15, -0.1) is 0 Å². The molecular weight excluding hydrogens is 190 g/mol. The van der Waals surface area contributed by atoms with Gasteiger partial charge in [0.2, 0.25) is 0 Å². The summed E-state index contributed by atoms with van der Waals surface area (Å²) in [6.45, 7) is 2.81. The number of aliphatic imine (C=N–C) groups is 1.